The number of nitrogens with one attached hydrogen (secondary N) is 1. The lowest BCUT2D eigenvalue weighted by atomic mass is 9.93. The lowest BCUT2D eigenvalue weighted by Crippen LogP contribution is -2.17. The first-order chi connectivity index (χ1) is 14.7. The largest absolute Gasteiger partial charge is 0.507 e. The van der Waals surface area contributed by atoms with E-state index in [4.69, 9.17) is 0 Å². The van der Waals surface area contributed by atoms with Crippen molar-refractivity contribution in [3.63, 3.8) is 0 Å². The molecule has 6 heteroatoms. The van der Waals surface area contributed by atoms with Gasteiger partial charge in [-0.05, 0) is 47.2 Å². The Labute approximate surface area is 184 Å². The Morgan fingerprint density at radius 1 is 0.839 bits per heavy atom. The molecule has 0 aliphatic rings. The van der Waals surface area contributed by atoms with E-state index >= 15 is 0 Å². The molecule has 3 rings (SSSR count). The van der Waals surface area contributed by atoms with E-state index in [-0.39, 0.29) is 28.3 Å². The SMILES string of the molecule is CC(C)c1cc(N/C(=N/S(=O)(=O)c2ccccc2)c2ccccc2)cc(C(C)C)c1O. The van der Waals surface area contributed by atoms with Crippen molar-refractivity contribution >= 4 is 21.5 Å². The van der Waals surface area contributed by atoms with Gasteiger partial charge in [0.2, 0.25) is 0 Å². The van der Waals surface area contributed by atoms with Gasteiger partial charge in [0.05, 0.1) is 4.90 Å². The van der Waals surface area contributed by atoms with Crippen LogP contribution in [0.3, 0.4) is 0 Å². The average molecular weight is 437 g/mol. The molecule has 0 amide bonds. The van der Waals surface area contributed by atoms with E-state index in [1.54, 1.807) is 30.3 Å². The third kappa shape index (κ3) is 5.33. The van der Waals surface area contributed by atoms with Crippen LogP contribution in [0.4, 0.5) is 5.69 Å². The van der Waals surface area contributed by atoms with Crippen LogP contribution in [-0.2, 0) is 10.0 Å². The van der Waals surface area contributed by atoms with Crippen molar-refractivity contribution in [1.82, 2.24) is 0 Å². The molecule has 0 saturated heterocycles. The number of phenols is 1. The van der Waals surface area contributed by atoms with E-state index in [2.05, 4.69) is 9.71 Å². The highest BCUT2D eigenvalue weighted by Crippen LogP contribution is 2.36. The van der Waals surface area contributed by atoms with Crippen molar-refractivity contribution in [1.29, 1.82) is 0 Å². The van der Waals surface area contributed by atoms with Crippen molar-refractivity contribution in [2.24, 2.45) is 4.40 Å². The summed E-state index contributed by atoms with van der Waals surface area (Å²) in [5, 5.41) is 13.9. The molecule has 31 heavy (non-hydrogen) atoms. The first-order valence-electron chi connectivity index (χ1n) is 10.3. The molecule has 0 spiro atoms. The van der Waals surface area contributed by atoms with E-state index in [1.807, 2.05) is 58.0 Å². The number of phenolic OH excluding ortho intramolecular Hbond substituents is 1. The third-order valence-electron chi connectivity index (χ3n) is 4.98. The summed E-state index contributed by atoms with van der Waals surface area (Å²) in [4.78, 5) is 0.127. The van der Waals surface area contributed by atoms with Gasteiger partial charge in [0.15, 0.2) is 5.84 Å². The zero-order valence-corrected chi connectivity index (χ0v) is 19.0. The quantitative estimate of drug-likeness (QED) is 0.287. The molecule has 0 aromatic heterocycles. The Kier molecular flexibility index (Phi) is 6.81. The highest BCUT2D eigenvalue weighted by molar-refractivity contribution is 7.90. The van der Waals surface area contributed by atoms with Crippen LogP contribution in [0.15, 0.2) is 82.1 Å². The second-order valence-corrected chi connectivity index (χ2v) is 9.64. The Morgan fingerprint density at radius 3 is 1.81 bits per heavy atom. The molecule has 0 radical (unpaired) electrons. The molecule has 0 unspecified atom stereocenters. The number of sulfonamides is 1. The summed E-state index contributed by atoms with van der Waals surface area (Å²) in [6.45, 7) is 8.04. The van der Waals surface area contributed by atoms with Gasteiger partial charge in [-0.2, -0.15) is 8.42 Å². The van der Waals surface area contributed by atoms with Gasteiger partial charge in [0, 0.05) is 11.3 Å². The number of benzene rings is 3. The smallest absolute Gasteiger partial charge is 0.284 e. The highest BCUT2D eigenvalue weighted by atomic mass is 32.2. The monoisotopic (exact) mass is 436 g/mol. The number of aromatic hydroxyl groups is 1. The predicted molar refractivity (Wildman–Crippen MR) is 127 cm³/mol. The van der Waals surface area contributed by atoms with Crippen LogP contribution in [0.2, 0.25) is 0 Å². The van der Waals surface area contributed by atoms with Gasteiger partial charge in [-0.15, -0.1) is 4.40 Å². The Hall–Kier alpha value is -3.12. The van der Waals surface area contributed by atoms with Crippen LogP contribution in [0.25, 0.3) is 0 Å². The highest BCUT2D eigenvalue weighted by Gasteiger charge is 2.18. The fourth-order valence-corrected chi connectivity index (χ4v) is 4.28. The molecule has 0 aliphatic carbocycles. The molecule has 0 aliphatic heterocycles. The number of anilines is 1. The number of nitrogens with zero attached hydrogens (tertiary/aromatic N) is 1. The minimum atomic E-state index is -3.91. The number of hydrogen-bond donors (Lipinski definition) is 2. The normalized spacial score (nSPS) is 12.4. The van der Waals surface area contributed by atoms with Crippen LogP contribution in [0, 0.1) is 0 Å². The zero-order chi connectivity index (χ0) is 22.6. The summed E-state index contributed by atoms with van der Waals surface area (Å²) >= 11 is 0. The lowest BCUT2D eigenvalue weighted by molar-refractivity contribution is 0.454. The molecular formula is C25H28N2O3S. The van der Waals surface area contributed by atoms with Gasteiger partial charge in [-0.1, -0.05) is 76.2 Å². The third-order valence-corrected chi connectivity index (χ3v) is 6.27. The second kappa shape index (κ2) is 9.35. The van der Waals surface area contributed by atoms with Crippen molar-refractivity contribution in [2.45, 2.75) is 44.4 Å². The van der Waals surface area contributed by atoms with Crippen molar-refractivity contribution in [2.75, 3.05) is 5.32 Å². The van der Waals surface area contributed by atoms with E-state index in [1.165, 1.54) is 12.1 Å². The van der Waals surface area contributed by atoms with Gasteiger partial charge < -0.3 is 10.4 Å². The maximum atomic E-state index is 12.9. The fourth-order valence-electron chi connectivity index (χ4n) is 3.28. The standard InChI is InChI=1S/C25H28N2O3S/c1-17(2)22-15-20(16-23(18(3)4)24(22)28)26-25(19-11-7-5-8-12-19)27-31(29,30)21-13-9-6-10-14-21/h5-18,28H,1-4H3,(H,26,27). The molecule has 3 aromatic carbocycles. The molecule has 2 N–H and O–H groups in total. The van der Waals surface area contributed by atoms with Crippen molar-refractivity contribution in [3.8, 4) is 5.75 Å². The molecule has 0 bridgehead atoms. The molecule has 0 atom stereocenters. The van der Waals surface area contributed by atoms with Gasteiger partial charge in [0.25, 0.3) is 10.0 Å². The predicted octanol–water partition coefficient (Wildman–Crippen LogP) is 5.89. The van der Waals surface area contributed by atoms with Gasteiger partial charge >= 0.3 is 0 Å². The lowest BCUT2D eigenvalue weighted by Gasteiger charge is -2.19. The number of hydrogen-bond acceptors (Lipinski definition) is 3. The number of rotatable bonds is 6. The fraction of sp³-hybridized carbons (Fsp3) is 0.240. The van der Waals surface area contributed by atoms with Crippen LogP contribution in [0.5, 0.6) is 5.75 Å². The van der Waals surface area contributed by atoms with Crippen molar-refractivity contribution < 1.29 is 13.5 Å². The first kappa shape index (κ1) is 22.6. The Balaban J connectivity index is 2.13. The first-order valence-corrected chi connectivity index (χ1v) is 11.7. The van der Waals surface area contributed by atoms with Crippen LogP contribution >= 0.6 is 0 Å². The van der Waals surface area contributed by atoms with Gasteiger partial charge in [0.1, 0.15) is 5.75 Å². The van der Waals surface area contributed by atoms with Crippen LogP contribution in [0.1, 0.15) is 56.2 Å². The number of amidine groups is 1. The Bertz CT molecular complexity index is 1140. The van der Waals surface area contributed by atoms with E-state index in [9.17, 15) is 13.5 Å². The zero-order valence-electron chi connectivity index (χ0n) is 18.2. The summed E-state index contributed by atoms with van der Waals surface area (Å²) in [6.07, 6.45) is 0. The Morgan fingerprint density at radius 2 is 1.32 bits per heavy atom. The van der Waals surface area contributed by atoms with E-state index < -0.39 is 10.0 Å². The maximum Gasteiger partial charge on any atom is 0.284 e. The molecular weight excluding hydrogens is 408 g/mol. The van der Waals surface area contributed by atoms with E-state index in [0.29, 0.717) is 11.3 Å². The minimum absolute atomic E-state index is 0.101. The van der Waals surface area contributed by atoms with Crippen LogP contribution in [-0.4, -0.2) is 19.4 Å². The van der Waals surface area contributed by atoms with Gasteiger partial charge in [-0.25, -0.2) is 0 Å². The summed E-state index contributed by atoms with van der Waals surface area (Å²) in [7, 11) is -3.91. The minimum Gasteiger partial charge on any atom is -0.507 e. The summed E-state index contributed by atoms with van der Waals surface area (Å²) in [5.74, 6) is 0.707. The molecule has 162 valence electrons. The topological polar surface area (TPSA) is 78.8 Å². The molecule has 0 saturated carbocycles. The summed E-state index contributed by atoms with van der Waals surface area (Å²) in [5.41, 5.74) is 2.92. The molecule has 0 fully saturated rings. The van der Waals surface area contributed by atoms with Crippen molar-refractivity contribution in [3.05, 3.63) is 89.5 Å². The molecule has 0 heterocycles. The van der Waals surface area contributed by atoms with Crippen LogP contribution < -0.4 is 5.32 Å². The summed E-state index contributed by atoms with van der Waals surface area (Å²) < 4.78 is 30.0. The molecule has 3 aromatic rings. The molecule has 5 nitrogen and oxygen atoms in total. The maximum absolute atomic E-state index is 12.9. The second-order valence-electron chi connectivity index (χ2n) is 8.03. The van der Waals surface area contributed by atoms with E-state index in [0.717, 1.165) is 11.1 Å². The average Bonchev–Trinajstić information content (AvgIpc) is 2.75. The van der Waals surface area contributed by atoms with Gasteiger partial charge in [-0.3, -0.25) is 0 Å². The summed E-state index contributed by atoms with van der Waals surface area (Å²) in [6, 6.07) is 21.0.